The molecule has 1 saturated heterocycles. The average Bonchev–Trinajstić information content (AvgIpc) is 2.65. The molecule has 1 fully saturated rings. The summed E-state index contributed by atoms with van der Waals surface area (Å²) in [5, 5.41) is 4.03. The van der Waals surface area contributed by atoms with E-state index in [0.717, 1.165) is 19.4 Å². The Morgan fingerprint density at radius 3 is 2.93 bits per heavy atom. The molecule has 0 aliphatic carbocycles. The highest BCUT2D eigenvalue weighted by molar-refractivity contribution is 5.94. The average molecular weight is 207 g/mol. The van der Waals surface area contributed by atoms with Crippen molar-refractivity contribution in [2.45, 2.75) is 32.2 Å². The quantitative estimate of drug-likeness (QED) is 0.698. The minimum absolute atomic E-state index is 0.121. The molecule has 1 atom stereocenters. The highest BCUT2D eigenvalue weighted by Crippen LogP contribution is 2.18. The zero-order valence-electron chi connectivity index (χ0n) is 9.31. The van der Waals surface area contributed by atoms with Crippen LogP contribution in [-0.2, 0) is 7.05 Å². The van der Waals surface area contributed by atoms with Crippen molar-refractivity contribution < 1.29 is 4.79 Å². The number of likely N-dealkylation sites (tertiary alicyclic amines) is 1. The molecule has 1 amide bonds. The molecule has 0 spiro atoms. The monoisotopic (exact) mass is 207 g/mol. The molecule has 2 rings (SSSR count). The summed E-state index contributed by atoms with van der Waals surface area (Å²) in [6, 6.07) is 0.367. The van der Waals surface area contributed by atoms with Gasteiger partial charge in [-0.25, -0.2) is 0 Å². The first-order valence-electron chi connectivity index (χ1n) is 5.48. The molecule has 1 aliphatic rings. The van der Waals surface area contributed by atoms with E-state index in [2.05, 4.69) is 12.0 Å². The van der Waals surface area contributed by atoms with Gasteiger partial charge in [0.1, 0.15) is 0 Å². The van der Waals surface area contributed by atoms with E-state index < -0.39 is 0 Å². The number of carbonyl (C=O) groups is 1. The number of aromatic nitrogens is 2. The van der Waals surface area contributed by atoms with Crippen LogP contribution in [0.1, 0.15) is 36.5 Å². The Morgan fingerprint density at radius 2 is 2.33 bits per heavy atom. The number of amides is 1. The molecule has 1 aromatic rings. The molecule has 0 saturated carbocycles. The Labute approximate surface area is 89.9 Å². The standard InChI is InChI=1S/C11H17N3O/c1-9-5-3-4-6-14(9)11(15)10-7-12-13(2)8-10/h7-9H,3-6H2,1-2H3. The van der Waals surface area contributed by atoms with Gasteiger partial charge in [-0.1, -0.05) is 0 Å². The first kappa shape index (κ1) is 10.2. The maximum atomic E-state index is 12.1. The van der Waals surface area contributed by atoms with E-state index in [0.29, 0.717) is 11.6 Å². The van der Waals surface area contributed by atoms with Gasteiger partial charge in [-0.05, 0) is 26.2 Å². The van der Waals surface area contributed by atoms with E-state index in [9.17, 15) is 4.79 Å². The van der Waals surface area contributed by atoms with Crippen molar-refractivity contribution >= 4 is 5.91 Å². The van der Waals surface area contributed by atoms with Gasteiger partial charge in [0.25, 0.3) is 5.91 Å². The van der Waals surface area contributed by atoms with Crippen LogP contribution >= 0.6 is 0 Å². The van der Waals surface area contributed by atoms with E-state index >= 15 is 0 Å². The lowest BCUT2D eigenvalue weighted by molar-refractivity contribution is 0.0635. The van der Waals surface area contributed by atoms with Gasteiger partial charge in [0.05, 0.1) is 11.8 Å². The maximum absolute atomic E-state index is 12.1. The Morgan fingerprint density at radius 1 is 1.53 bits per heavy atom. The predicted octanol–water partition coefficient (Wildman–Crippen LogP) is 1.43. The minimum Gasteiger partial charge on any atom is -0.336 e. The molecule has 1 aliphatic heterocycles. The van der Waals surface area contributed by atoms with Crippen molar-refractivity contribution in [2.75, 3.05) is 6.54 Å². The number of nitrogens with zero attached hydrogens (tertiary/aromatic N) is 3. The van der Waals surface area contributed by atoms with E-state index in [1.165, 1.54) is 6.42 Å². The molecule has 4 heteroatoms. The van der Waals surface area contributed by atoms with Gasteiger partial charge in [-0.3, -0.25) is 9.48 Å². The van der Waals surface area contributed by atoms with Crippen LogP contribution in [0.4, 0.5) is 0 Å². The van der Waals surface area contributed by atoms with E-state index in [1.807, 2.05) is 11.9 Å². The van der Waals surface area contributed by atoms with E-state index in [4.69, 9.17) is 0 Å². The van der Waals surface area contributed by atoms with Gasteiger partial charge in [0, 0.05) is 25.8 Å². The molecule has 1 unspecified atom stereocenters. The van der Waals surface area contributed by atoms with Crippen LogP contribution in [0.25, 0.3) is 0 Å². The largest absolute Gasteiger partial charge is 0.336 e. The number of hydrogen-bond acceptors (Lipinski definition) is 2. The summed E-state index contributed by atoms with van der Waals surface area (Å²) >= 11 is 0. The van der Waals surface area contributed by atoms with E-state index in [-0.39, 0.29) is 5.91 Å². The number of rotatable bonds is 1. The van der Waals surface area contributed by atoms with E-state index in [1.54, 1.807) is 17.1 Å². The second-order valence-electron chi connectivity index (χ2n) is 4.25. The molecular formula is C11H17N3O. The van der Waals surface area contributed by atoms with Crippen molar-refractivity contribution in [3.05, 3.63) is 18.0 Å². The van der Waals surface area contributed by atoms with Crippen LogP contribution in [0.5, 0.6) is 0 Å². The topological polar surface area (TPSA) is 38.1 Å². The fourth-order valence-corrected chi connectivity index (χ4v) is 2.10. The Balaban J connectivity index is 2.13. The lowest BCUT2D eigenvalue weighted by atomic mass is 10.0. The first-order chi connectivity index (χ1) is 7.18. The minimum atomic E-state index is 0.121. The summed E-state index contributed by atoms with van der Waals surface area (Å²) in [6.45, 7) is 3.00. The van der Waals surface area contributed by atoms with Crippen LogP contribution in [0.15, 0.2) is 12.4 Å². The Bertz CT molecular complexity index is 358. The Kier molecular flexibility index (Phi) is 2.75. The number of aryl methyl sites for hydroxylation is 1. The number of piperidine rings is 1. The molecule has 0 N–H and O–H groups in total. The van der Waals surface area contributed by atoms with Gasteiger partial charge in [-0.2, -0.15) is 5.10 Å². The second kappa shape index (κ2) is 4.04. The third-order valence-corrected chi connectivity index (χ3v) is 3.02. The first-order valence-corrected chi connectivity index (χ1v) is 5.48. The van der Waals surface area contributed by atoms with Crippen molar-refractivity contribution in [3.8, 4) is 0 Å². The van der Waals surface area contributed by atoms with Crippen LogP contribution in [0, 0.1) is 0 Å². The van der Waals surface area contributed by atoms with Gasteiger partial charge in [0.15, 0.2) is 0 Å². The van der Waals surface area contributed by atoms with Gasteiger partial charge >= 0.3 is 0 Å². The van der Waals surface area contributed by atoms with Crippen molar-refractivity contribution in [1.82, 2.24) is 14.7 Å². The molecule has 0 bridgehead atoms. The highest BCUT2D eigenvalue weighted by Gasteiger charge is 2.24. The summed E-state index contributed by atoms with van der Waals surface area (Å²) < 4.78 is 1.67. The summed E-state index contributed by atoms with van der Waals surface area (Å²) in [6.07, 6.45) is 6.90. The van der Waals surface area contributed by atoms with Crippen LogP contribution in [0.2, 0.25) is 0 Å². The normalized spacial score (nSPS) is 21.7. The smallest absolute Gasteiger partial charge is 0.257 e. The third-order valence-electron chi connectivity index (χ3n) is 3.02. The van der Waals surface area contributed by atoms with Crippen LogP contribution in [-0.4, -0.2) is 33.2 Å². The third kappa shape index (κ3) is 2.03. The highest BCUT2D eigenvalue weighted by atomic mass is 16.2. The fourth-order valence-electron chi connectivity index (χ4n) is 2.10. The molecular weight excluding hydrogens is 190 g/mol. The lowest BCUT2D eigenvalue weighted by Crippen LogP contribution is -2.41. The SMILES string of the molecule is CC1CCCCN1C(=O)c1cnn(C)c1. The molecule has 4 nitrogen and oxygen atoms in total. The lowest BCUT2D eigenvalue weighted by Gasteiger charge is -2.33. The van der Waals surface area contributed by atoms with Gasteiger partial charge < -0.3 is 4.90 Å². The fraction of sp³-hybridized carbons (Fsp3) is 0.636. The zero-order valence-corrected chi connectivity index (χ0v) is 9.31. The maximum Gasteiger partial charge on any atom is 0.257 e. The Hall–Kier alpha value is -1.32. The molecule has 0 aromatic carbocycles. The summed E-state index contributed by atoms with van der Waals surface area (Å²) in [4.78, 5) is 14.1. The van der Waals surface area contributed by atoms with Crippen molar-refractivity contribution in [2.24, 2.45) is 7.05 Å². The number of hydrogen-bond donors (Lipinski definition) is 0. The number of carbonyl (C=O) groups excluding carboxylic acids is 1. The van der Waals surface area contributed by atoms with Crippen molar-refractivity contribution in [3.63, 3.8) is 0 Å². The molecule has 2 heterocycles. The summed E-state index contributed by atoms with van der Waals surface area (Å²) in [5.74, 6) is 0.121. The van der Waals surface area contributed by atoms with Gasteiger partial charge in [-0.15, -0.1) is 0 Å². The molecule has 82 valence electrons. The van der Waals surface area contributed by atoms with Gasteiger partial charge in [0.2, 0.25) is 0 Å². The van der Waals surface area contributed by atoms with Crippen molar-refractivity contribution in [1.29, 1.82) is 0 Å². The molecule has 15 heavy (non-hydrogen) atoms. The summed E-state index contributed by atoms with van der Waals surface area (Å²) in [7, 11) is 1.83. The summed E-state index contributed by atoms with van der Waals surface area (Å²) in [5.41, 5.74) is 0.700. The zero-order chi connectivity index (χ0) is 10.8. The predicted molar refractivity (Wildman–Crippen MR) is 57.6 cm³/mol. The molecule has 0 radical (unpaired) electrons. The second-order valence-corrected chi connectivity index (χ2v) is 4.25. The molecule has 1 aromatic heterocycles. The van der Waals surface area contributed by atoms with Crippen LogP contribution < -0.4 is 0 Å². The van der Waals surface area contributed by atoms with Crippen LogP contribution in [0.3, 0.4) is 0 Å².